The van der Waals surface area contributed by atoms with E-state index in [0.29, 0.717) is 18.3 Å². The van der Waals surface area contributed by atoms with Gasteiger partial charge in [-0.2, -0.15) is 0 Å². The molecule has 0 amide bonds. The molecule has 24 heavy (non-hydrogen) atoms. The smallest absolute Gasteiger partial charge is 0.174 e. The van der Waals surface area contributed by atoms with E-state index >= 15 is 0 Å². The predicted octanol–water partition coefficient (Wildman–Crippen LogP) is 4.05. The topological polar surface area (TPSA) is 37.4 Å². The number of nitrogens with zero attached hydrogens (tertiary/aromatic N) is 2. The monoisotopic (exact) mass is 343 g/mol. The lowest BCUT2D eigenvalue weighted by Gasteiger charge is -2.31. The fourth-order valence-electron chi connectivity index (χ4n) is 2.51. The molecule has 1 atom stereocenters. The molecule has 0 spiro atoms. The highest BCUT2D eigenvalue weighted by Gasteiger charge is 2.19. The van der Waals surface area contributed by atoms with Crippen molar-refractivity contribution in [3.8, 4) is 0 Å². The number of ether oxygens (including phenoxy) is 1. The first kappa shape index (κ1) is 18.4. The van der Waals surface area contributed by atoms with Crippen molar-refractivity contribution in [1.82, 2.24) is 9.88 Å². The lowest BCUT2D eigenvalue weighted by atomic mass is 10.1. The van der Waals surface area contributed by atoms with Crippen LogP contribution in [-0.4, -0.2) is 35.3 Å². The summed E-state index contributed by atoms with van der Waals surface area (Å²) in [6.07, 6.45) is 2.81. The second-order valence-electron chi connectivity index (χ2n) is 5.60. The number of anilines is 1. The first-order chi connectivity index (χ1) is 11.7. The van der Waals surface area contributed by atoms with Crippen LogP contribution in [0.5, 0.6) is 0 Å². The highest BCUT2D eigenvalue weighted by Crippen LogP contribution is 2.20. The van der Waals surface area contributed by atoms with Gasteiger partial charge in [-0.3, -0.25) is 4.98 Å². The average molecular weight is 343 g/mol. The van der Waals surface area contributed by atoms with Crippen molar-refractivity contribution in [1.29, 1.82) is 0 Å². The molecule has 1 aromatic heterocycles. The van der Waals surface area contributed by atoms with Crippen LogP contribution in [0.4, 0.5) is 5.69 Å². The van der Waals surface area contributed by atoms with E-state index in [1.807, 2.05) is 36.5 Å². The number of thiocarbonyl (C=S) groups is 1. The number of hydrogen-bond donors (Lipinski definition) is 1. The molecule has 2 rings (SSSR count). The molecule has 128 valence electrons. The Morgan fingerprint density at radius 1 is 1.29 bits per heavy atom. The van der Waals surface area contributed by atoms with E-state index in [0.717, 1.165) is 17.8 Å². The largest absolute Gasteiger partial charge is 0.383 e. The number of methoxy groups -OCH3 is 1. The van der Waals surface area contributed by atoms with Gasteiger partial charge >= 0.3 is 0 Å². The van der Waals surface area contributed by atoms with Crippen LogP contribution in [0.15, 0.2) is 48.7 Å². The number of aryl methyl sites for hydroxylation is 1. The molecule has 0 saturated heterocycles. The Labute approximate surface area is 149 Å². The van der Waals surface area contributed by atoms with Crippen molar-refractivity contribution in [3.63, 3.8) is 0 Å². The van der Waals surface area contributed by atoms with Crippen LogP contribution >= 0.6 is 12.2 Å². The third-order valence-electron chi connectivity index (χ3n) is 3.97. The Morgan fingerprint density at radius 2 is 2.12 bits per heavy atom. The molecule has 5 heteroatoms. The Morgan fingerprint density at radius 3 is 2.79 bits per heavy atom. The fraction of sp³-hybridized carbons (Fsp3) is 0.368. The highest BCUT2D eigenvalue weighted by molar-refractivity contribution is 7.80. The van der Waals surface area contributed by atoms with E-state index in [9.17, 15) is 0 Å². The van der Waals surface area contributed by atoms with Crippen molar-refractivity contribution in [2.75, 3.05) is 25.6 Å². The quantitative estimate of drug-likeness (QED) is 0.768. The van der Waals surface area contributed by atoms with E-state index in [-0.39, 0.29) is 6.04 Å². The SMILES string of the molecule is CCc1cccc(NC(=S)N(CCOC)[C@@H](C)c2ccccn2)c1. The van der Waals surface area contributed by atoms with E-state index in [1.54, 1.807) is 7.11 Å². The number of benzene rings is 1. The minimum atomic E-state index is 0.0655. The van der Waals surface area contributed by atoms with E-state index < -0.39 is 0 Å². The summed E-state index contributed by atoms with van der Waals surface area (Å²) in [5, 5.41) is 4.03. The van der Waals surface area contributed by atoms with Crippen LogP contribution in [0.2, 0.25) is 0 Å². The summed E-state index contributed by atoms with van der Waals surface area (Å²) in [4.78, 5) is 6.57. The standard InChI is InChI=1S/C19H25N3OS/c1-4-16-8-7-9-17(14-16)21-19(24)22(12-13-23-3)15(2)18-10-5-6-11-20-18/h5-11,14-15H,4,12-13H2,1-3H3,(H,21,24)/t15-/m0/s1. The first-order valence-corrected chi connectivity index (χ1v) is 8.63. The van der Waals surface area contributed by atoms with Crippen LogP contribution in [0.25, 0.3) is 0 Å². The normalized spacial score (nSPS) is 11.8. The fourth-order valence-corrected chi connectivity index (χ4v) is 2.88. The Hall–Kier alpha value is -1.98. The van der Waals surface area contributed by atoms with Crippen molar-refractivity contribution >= 4 is 23.0 Å². The molecule has 1 aromatic carbocycles. The lowest BCUT2D eigenvalue weighted by Crippen LogP contribution is -2.39. The van der Waals surface area contributed by atoms with Gasteiger partial charge in [0.15, 0.2) is 5.11 Å². The molecule has 0 bridgehead atoms. The van der Waals surface area contributed by atoms with E-state index in [2.05, 4.69) is 41.2 Å². The third-order valence-corrected chi connectivity index (χ3v) is 4.30. The second-order valence-corrected chi connectivity index (χ2v) is 5.99. The number of aromatic nitrogens is 1. The number of pyridine rings is 1. The molecule has 1 heterocycles. The number of hydrogen-bond acceptors (Lipinski definition) is 3. The van der Waals surface area contributed by atoms with Gasteiger partial charge < -0.3 is 15.0 Å². The van der Waals surface area contributed by atoms with Gasteiger partial charge in [0, 0.05) is 25.5 Å². The first-order valence-electron chi connectivity index (χ1n) is 8.22. The van der Waals surface area contributed by atoms with Crippen LogP contribution in [-0.2, 0) is 11.2 Å². The Bertz CT molecular complexity index is 648. The van der Waals surface area contributed by atoms with Gasteiger partial charge in [0.05, 0.1) is 18.3 Å². The molecule has 4 nitrogen and oxygen atoms in total. The number of nitrogens with one attached hydrogen (secondary N) is 1. The molecule has 0 unspecified atom stereocenters. The van der Waals surface area contributed by atoms with Crippen LogP contribution in [0.3, 0.4) is 0 Å². The van der Waals surface area contributed by atoms with Crippen molar-refractivity contribution in [2.24, 2.45) is 0 Å². The lowest BCUT2D eigenvalue weighted by molar-refractivity contribution is 0.164. The van der Waals surface area contributed by atoms with Gasteiger partial charge in [0.1, 0.15) is 0 Å². The third kappa shape index (κ3) is 5.01. The molecular formula is C19H25N3OS. The molecule has 0 aliphatic carbocycles. The molecule has 2 aromatic rings. The zero-order valence-corrected chi connectivity index (χ0v) is 15.3. The summed E-state index contributed by atoms with van der Waals surface area (Å²) < 4.78 is 5.25. The maximum absolute atomic E-state index is 5.66. The van der Waals surface area contributed by atoms with Crippen LogP contribution < -0.4 is 5.32 Å². The predicted molar refractivity (Wildman–Crippen MR) is 103 cm³/mol. The van der Waals surface area contributed by atoms with Crippen LogP contribution in [0.1, 0.15) is 31.1 Å². The summed E-state index contributed by atoms with van der Waals surface area (Å²) in [6.45, 7) is 5.56. The summed E-state index contributed by atoms with van der Waals surface area (Å²) in [6, 6.07) is 14.3. The highest BCUT2D eigenvalue weighted by atomic mass is 32.1. The van der Waals surface area contributed by atoms with Crippen molar-refractivity contribution in [3.05, 3.63) is 59.9 Å². The van der Waals surface area contributed by atoms with E-state index in [4.69, 9.17) is 17.0 Å². The maximum Gasteiger partial charge on any atom is 0.174 e. The second kappa shape index (κ2) is 9.35. The van der Waals surface area contributed by atoms with Gasteiger partial charge in [0.2, 0.25) is 0 Å². The average Bonchev–Trinajstić information content (AvgIpc) is 2.62. The summed E-state index contributed by atoms with van der Waals surface area (Å²) in [7, 11) is 1.70. The molecule has 0 saturated carbocycles. The van der Waals surface area contributed by atoms with Crippen LogP contribution in [0, 0.1) is 0 Å². The Kier molecular flexibility index (Phi) is 7.15. The zero-order valence-electron chi connectivity index (χ0n) is 14.5. The van der Waals surface area contributed by atoms with Gasteiger partial charge in [0.25, 0.3) is 0 Å². The molecule has 1 N–H and O–H groups in total. The maximum atomic E-state index is 5.66. The minimum absolute atomic E-state index is 0.0655. The van der Waals surface area contributed by atoms with Gasteiger partial charge in [-0.25, -0.2) is 0 Å². The number of rotatable bonds is 7. The zero-order chi connectivity index (χ0) is 17.4. The molecule has 0 fully saturated rings. The molecular weight excluding hydrogens is 318 g/mol. The van der Waals surface area contributed by atoms with Gasteiger partial charge in [-0.1, -0.05) is 25.1 Å². The molecule has 0 radical (unpaired) electrons. The van der Waals surface area contributed by atoms with Crippen molar-refractivity contribution in [2.45, 2.75) is 26.3 Å². The summed E-state index contributed by atoms with van der Waals surface area (Å²) in [5.74, 6) is 0. The van der Waals surface area contributed by atoms with Gasteiger partial charge in [-0.05, 0) is 55.4 Å². The Balaban J connectivity index is 2.15. The molecule has 0 aliphatic rings. The van der Waals surface area contributed by atoms with E-state index in [1.165, 1.54) is 5.56 Å². The van der Waals surface area contributed by atoms with Gasteiger partial charge in [-0.15, -0.1) is 0 Å². The minimum Gasteiger partial charge on any atom is -0.383 e. The summed E-state index contributed by atoms with van der Waals surface area (Å²) in [5.41, 5.74) is 3.28. The van der Waals surface area contributed by atoms with Crippen molar-refractivity contribution < 1.29 is 4.74 Å². The molecule has 0 aliphatic heterocycles. The summed E-state index contributed by atoms with van der Waals surface area (Å²) >= 11 is 5.66.